The molecule has 0 radical (unpaired) electrons. The number of thiol groups is 1. The Morgan fingerprint density at radius 2 is 1.67 bits per heavy atom. The third-order valence-electron chi connectivity index (χ3n) is 2.54. The summed E-state index contributed by atoms with van der Waals surface area (Å²) < 4.78 is 0. The zero-order valence-electron chi connectivity index (χ0n) is 8.77. The summed E-state index contributed by atoms with van der Waals surface area (Å²) in [5, 5.41) is 0. The molecule has 0 aliphatic heterocycles. The summed E-state index contributed by atoms with van der Waals surface area (Å²) in [7, 11) is 0. The highest BCUT2D eigenvalue weighted by atomic mass is 32.1. The molecule has 0 saturated carbocycles. The number of hydrogen-bond donors (Lipinski definition) is 1. The molecule has 2 aromatic rings. The van der Waals surface area contributed by atoms with Gasteiger partial charge in [0, 0.05) is 4.90 Å². The van der Waals surface area contributed by atoms with Crippen LogP contribution in [0.4, 0.5) is 0 Å². The molecule has 0 amide bonds. The maximum Gasteiger partial charge on any atom is 0.00461 e. The van der Waals surface area contributed by atoms with Crippen LogP contribution in [0, 0.1) is 0 Å². The molecular formula is C14H14S. The molecule has 0 N–H and O–H groups in total. The fourth-order valence-electron chi connectivity index (χ4n) is 1.62. The molecule has 0 fully saturated rings. The Morgan fingerprint density at radius 3 is 2.27 bits per heavy atom. The van der Waals surface area contributed by atoms with Crippen molar-refractivity contribution in [1.29, 1.82) is 0 Å². The summed E-state index contributed by atoms with van der Waals surface area (Å²) in [6, 6.07) is 16.9. The molecule has 76 valence electrons. The first-order chi connectivity index (χ1) is 7.29. The lowest BCUT2D eigenvalue weighted by atomic mass is 10.0. The second-order valence-electron chi connectivity index (χ2n) is 3.60. The van der Waals surface area contributed by atoms with Crippen molar-refractivity contribution in [3.8, 4) is 11.1 Å². The minimum absolute atomic E-state index is 1.01. The Hall–Kier alpha value is -1.21. The molecule has 2 rings (SSSR count). The summed E-state index contributed by atoms with van der Waals surface area (Å²) in [5.74, 6) is 0. The summed E-state index contributed by atoms with van der Waals surface area (Å²) in [5.41, 5.74) is 3.86. The topological polar surface area (TPSA) is 0 Å². The molecule has 1 heteroatoms. The lowest BCUT2D eigenvalue weighted by Gasteiger charge is -2.03. The van der Waals surface area contributed by atoms with Crippen LogP contribution in [-0.4, -0.2) is 0 Å². The third kappa shape index (κ3) is 2.42. The summed E-state index contributed by atoms with van der Waals surface area (Å²) in [6.07, 6.45) is 1.09. The highest BCUT2D eigenvalue weighted by Gasteiger charge is 1.97. The fraction of sp³-hybridized carbons (Fsp3) is 0.143. The molecule has 0 aromatic heterocycles. The van der Waals surface area contributed by atoms with E-state index in [9.17, 15) is 0 Å². The quantitative estimate of drug-likeness (QED) is 0.711. The van der Waals surface area contributed by atoms with E-state index in [1.54, 1.807) is 0 Å². The van der Waals surface area contributed by atoms with Gasteiger partial charge in [0.25, 0.3) is 0 Å². The van der Waals surface area contributed by atoms with E-state index in [0.717, 1.165) is 11.3 Å². The molecule has 0 spiro atoms. The van der Waals surface area contributed by atoms with Crippen molar-refractivity contribution >= 4 is 12.6 Å². The van der Waals surface area contributed by atoms with Gasteiger partial charge in [0.05, 0.1) is 0 Å². The van der Waals surface area contributed by atoms with Gasteiger partial charge in [-0.15, -0.1) is 12.6 Å². The van der Waals surface area contributed by atoms with Crippen LogP contribution >= 0.6 is 12.6 Å². The van der Waals surface area contributed by atoms with Crippen LogP contribution in [0.3, 0.4) is 0 Å². The van der Waals surface area contributed by atoms with Crippen LogP contribution in [0.25, 0.3) is 11.1 Å². The van der Waals surface area contributed by atoms with Gasteiger partial charge in [0.15, 0.2) is 0 Å². The Kier molecular flexibility index (Phi) is 3.12. The van der Waals surface area contributed by atoms with Gasteiger partial charge in [-0.05, 0) is 35.2 Å². The first kappa shape index (κ1) is 10.3. The zero-order chi connectivity index (χ0) is 10.7. The average Bonchev–Trinajstić information content (AvgIpc) is 2.29. The van der Waals surface area contributed by atoms with Crippen LogP contribution in [0.1, 0.15) is 12.5 Å². The molecule has 0 heterocycles. The standard InChI is InChI=1S/C14H14S/c1-2-11-6-8-12(9-7-11)13-4-3-5-14(15)10-13/h3-10,15H,2H2,1H3. The Labute approximate surface area is 96.4 Å². The lowest BCUT2D eigenvalue weighted by Crippen LogP contribution is -1.81. The number of rotatable bonds is 2. The van der Waals surface area contributed by atoms with E-state index in [4.69, 9.17) is 0 Å². The minimum Gasteiger partial charge on any atom is -0.143 e. The summed E-state index contributed by atoms with van der Waals surface area (Å²) in [4.78, 5) is 1.01. The molecule has 0 atom stereocenters. The molecule has 15 heavy (non-hydrogen) atoms. The molecule has 0 nitrogen and oxygen atoms in total. The van der Waals surface area contributed by atoms with Gasteiger partial charge in [0.1, 0.15) is 0 Å². The second kappa shape index (κ2) is 4.54. The van der Waals surface area contributed by atoms with Gasteiger partial charge < -0.3 is 0 Å². The van der Waals surface area contributed by atoms with Gasteiger partial charge >= 0.3 is 0 Å². The van der Waals surface area contributed by atoms with Crippen LogP contribution in [0.2, 0.25) is 0 Å². The Bertz CT molecular complexity index is 443. The normalized spacial score (nSPS) is 10.3. The number of benzene rings is 2. The van der Waals surface area contributed by atoms with Crippen molar-refractivity contribution in [2.75, 3.05) is 0 Å². The van der Waals surface area contributed by atoms with Crippen molar-refractivity contribution in [2.45, 2.75) is 18.2 Å². The SMILES string of the molecule is CCc1ccc(-c2cccc(S)c2)cc1. The number of aryl methyl sites for hydroxylation is 1. The summed E-state index contributed by atoms with van der Waals surface area (Å²) >= 11 is 4.34. The average molecular weight is 214 g/mol. The monoisotopic (exact) mass is 214 g/mol. The first-order valence-electron chi connectivity index (χ1n) is 5.18. The Balaban J connectivity index is 2.37. The number of hydrogen-bond acceptors (Lipinski definition) is 1. The predicted molar refractivity (Wildman–Crippen MR) is 68.5 cm³/mol. The van der Waals surface area contributed by atoms with Gasteiger partial charge in [-0.2, -0.15) is 0 Å². The highest BCUT2D eigenvalue weighted by molar-refractivity contribution is 7.80. The van der Waals surface area contributed by atoms with E-state index in [1.165, 1.54) is 16.7 Å². The molecule has 0 aliphatic carbocycles. The van der Waals surface area contributed by atoms with Crippen LogP contribution in [0.15, 0.2) is 53.4 Å². The largest absolute Gasteiger partial charge is 0.143 e. The van der Waals surface area contributed by atoms with Crippen LogP contribution in [0.5, 0.6) is 0 Å². The smallest absolute Gasteiger partial charge is 0.00461 e. The third-order valence-corrected chi connectivity index (χ3v) is 2.82. The van der Waals surface area contributed by atoms with Gasteiger partial charge in [-0.3, -0.25) is 0 Å². The lowest BCUT2D eigenvalue weighted by molar-refractivity contribution is 1.14. The van der Waals surface area contributed by atoms with Crippen LogP contribution in [-0.2, 0) is 6.42 Å². The second-order valence-corrected chi connectivity index (χ2v) is 4.12. The highest BCUT2D eigenvalue weighted by Crippen LogP contribution is 2.22. The van der Waals surface area contributed by atoms with E-state index in [2.05, 4.69) is 56.0 Å². The molecule has 0 unspecified atom stereocenters. The van der Waals surface area contributed by atoms with Gasteiger partial charge in [-0.25, -0.2) is 0 Å². The molecule has 0 bridgehead atoms. The predicted octanol–water partition coefficient (Wildman–Crippen LogP) is 4.20. The molecule has 0 aliphatic rings. The van der Waals surface area contributed by atoms with E-state index in [0.29, 0.717) is 0 Å². The van der Waals surface area contributed by atoms with Crippen molar-refractivity contribution < 1.29 is 0 Å². The maximum absolute atomic E-state index is 4.34. The molecular weight excluding hydrogens is 200 g/mol. The van der Waals surface area contributed by atoms with E-state index >= 15 is 0 Å². The van der Waals surface area contributed by atoms with Crippen LogP contribution < -0.4 is 0 Å². The van der Waals surface area contributed by atoms with E-state index < -0.39 is 0 Å². The van der Waals surface area contributed by atoms with E-state index in [1.807, 2.05) is 12.1 Å². The van der Waals surface area contributed by atoms with Crippen molar-refractivity contribution in [2.24, 2.45) is 0 Å². The van der Waals surface area contributed by atoms with Crippen molar-refractivity contribution in [1.82, 2.24) is 0 Å². The summed E-state index contributed by atoms with van der Waals surface area (Å²) in [6.45, 7) is 2.17. The zero-order valence-corrected chi connectivity index (χ0v) is 9.67. The van der Waals surface area contributed by atoms with E-state index in [-0.39, 0.29) is 0 Å². The maximum atomic E-state index is 4.34. The van der Waals surface area contributed by atoms with Crippen molar-refractivity contribution in [3.63, 3.8) is 0 Å². The van der Waals surface area contributed by atoms with Gasteiger partial charge in [-0.1, -0.05) is 43.3 Å². The molecule has 2 aromatic carbocycles. The minimum atomic E-state index is 1.01. The van der Waals surface area contributed by atoms with Crippen molar-refractivity contribution in [3.05, 3.63) is 54.1 Å². The molecule has 0 saturated heterocycles. The first-order valence-corrected chi connectivity index (χ1v) is 5.62. The fourth-order valence-corrected chi connectivity index (χ4v) is 1.84. The van der Waals surface area contributed by atoms with Gasteiger partial charge in [0.2, 0.25) is 0 Å². The Morgan fingerprint density at radius 1 is 0.933 bits per heavy atom.